The van der Waals surface area contributed by atoms with Crippen LogP contribution in [0.25, 0.3) is 0 Å². The Morgan fingerprint density at radius 2 is 2.16 bits per heavy atom. The largest absolute Gasteiger partial charge is 0.495 e. The van der Waals surface area contributed by atoms with Gasteiger partial charge in [0.05, 0.1) is 18.7 Å². The molecule has 1 aliphatic heterocycles. The molecule has 0 saturated carbocycles. The molecule has 1 aromatic carbocycles. The van der Waals surface area contributed by atoms with Crippen LogP contribution < -0.4 is 16.2 Å². The molecule has 0 spiro atoms. The first kappa shape index (κ1) is 13.2. The number of carbonyl (C=O) groups is 2. The zero-order chi connectivity index (χ0) is 14.0. The number of primary amides is 1. The van der Waals surface area contributed by atoms with Crippen molar-refractivity contribution >= 4 is 17.5 Å². The van der Waals surface area contributed by atoms with Gasteiger partial charge in [0.1, 0.15) is 5.75 Å². The van der Waals surface area contributed by atoms with Gasteiger partial charge in [0.25, 0.3) is 5.91 Å². The van der Waals surface area contributed by atoms with Gasteiger partial charge in [0.15, 0.2) is 0 Å². The second-order valence-corrected chi connectivity index (χ2v) is 4.60. The standard InChI is InChI=1S/C13H17N3O3/c1-19-11-3-2-8(6-10(11)14)13(18)16-5-4-9(7-16)12(15)17/h2-3,6,9H,4-5,7,14H2,1H3,(H2,15,17). The van der Waals surface area contributed by atoms with Gasteiger partial charge in [-0.2, -0.15) is 0 Å². The molecule has 1 saturated heterocycles. The number of methoxy groups -OCH3 is 1. The number of ether oxygens (including phenoxy) is 1. The number of amides is 2. The molecule has 1 aliphatic rings. The number of rotatable bonds is 3. The number of likely N-dealkylation sites (tertiary alicyclic amines) is 1. The van der Waals surface area contributed by atoms with E-state index in [0.717, 1.165) is 0 Å². The summed E-state index contributed by atoms with van der Waals surface area (Å²) in [6.45, 7) is 0.915. The zero-order valence-corrected chi connectivity index (χ0v) is 10.8. The summed E-state index contributed by atoms with van der Waals surface area (Å²) in [6.07, 6.45) is 0.618. The minimum absolute atomic E-state index is 0.141. The highest BCUT2D eigenvalue weighted by molar-refractivity contribution is 5.96. The number of benzene rings is 1. The Morgan fingerprint density at radius 1 is 1.42 bits per heavy atom. The summed E-state index contributed by atoms with van der Waals surface area (Å²) in [5.74, 6) is -0.213. The second kappa shape index (κ2) is 5.17. The highest BCUT2D eigenvalue weighted by Gasteiger charge is 2.30. The predicted octanol–water partition coefficient (Wildman–Crippen LogP) is 0.225. The van der Waals surface area contributed by atoms with Gasteiger partial charge >= 0.3 is 0 Å². The predicted molar refractivity (Wildman–Crippen MR) is 70.6 cm³/mol. The lowest BCUT2D eigenvalue weighted by molar-refractivity contribution is -0.121. The van der Waals surface area contributed by atoms with Crippen LogP contribution in [0.15, 0.2) is 18.2 Å². The Hall–Kier alpha value is -2.24. The van der Waals surface area contributed by atoms with Crippen molar-refractivity contribution in [3.8, 4) is 5.75 Å². The lowest BCUT2D eigenvalue weighted by Gasteiger charge is -2.16. The Kier molecular flexibility index (Phi) is 3.59. The molecule has 0 radical (unpaired) electrons. The van der Waals surface area contributed by atoms with E-state index in [1.807, 2.05) is 0 Å². The van der Waals surface area contributed by atoms with E-state index < -0.39 is 0 Å². The van der Waals surface area contributed by atoms with E-state index in [4.69, 9.17) is 16.2 Å². The van der Waals surface area contributed by atoms with Crippen molar-refractivity contribution in [2.45, 2.75) is 6.42 Å². The van der Waals surface area contributed by atoms with E-state index in [2.05, 4.69) is 0 Å². The highest BCUT2D eigenvalue weighted by Crippen LogP contribution is 2.24. The molecule has 102 valence electrons. The van der Waals surface area contributed by atoms with E-state index in [9.17, 15) is 9.59 Å². The third kappa shape index (κ3) is 2.62. The van der Waals surface area contributed by atoms with Gasteiger partial charge in [-0.25, -0.2) is 0 Å². The minimum Gasteiger partial charge on any atom is -0.495 e. The zero-order valence-electron chi connectivity index (χ0n) is 10.8. The summed E-state index contributed by atoms with van der Waals surface area (Å²) in [5.41, 5.74) is 11.9. The lowest BCUT2D eigenvalue weighted by atomic mass is 10.1. The van der Waals surface area contributed by atoms with Crippen LogP contribution >= 0.6 is 0 Å². The molecule has 6 nitrogen and oxygen atoms in total. The summed E-state index contributed by atoms with van der Waals surface area (Å²) in [4.78, 5) is 25.0. The van der Waals surface area contributed by atoms with Crippen LogP contribution in [0.5, 0.6) is 5.75 Å². The maximum absolute atomic E-state index is 12.2. The number of hydrogen-bond acceptors (Lipinski definition) is 4. The summed E-state index contributed by atoms with van der Waals surface area (Å²) in [5, 5.41) is 0. The fraction of sp³-hybridized carbons (Fsp3) is 0.385. The van der Waals surface area contributed by atoms with Crippen molar-refractivity contribution in [2.24, 2.45) is 11.7 Å². The number of nitrogen functional groups attached to an aromatic ring is 1. The van der Waals surface area contributed by atoms with Crippen LogP contribution in [-0.2, 0) is 4.79 Å². The average molecular weight is 263 g/mol. The minimum atomic E-state index is -0.357. The van der Waals surface area contributed by atoms with E-state index in [1.165, 1.54) is 7.11 Å². The maximum atomic E-state index is 12.2. The smallest absolute Gasteiger partial charge is 0.253 e. The molecule has 2 rings (SSSR count). The van der Waals surface area contributed by atoms with Crippen LogP contribution in [0, 0.1) is 5.92 Å². The van der Waals surface area contributed by atoms with Gasteiger partial charge in [-0.15, -0.1) is 0 Å². The number of nitrogens with zero attached hydrogens (tertiary/aromatic N) is 1. The maximum Gasteiger partial charge on any atom is 0.253 e. The summed E-state index contributed by atoms with van der Waals surface area (Å²) >= 11 is 0. The van der Waals surface area contributed by atoms with Crippen LogP contribution in [0.4, 0.5) is 5.69 Å². The van der Waals surface area contributed by atoms with Gasteiger partial charge < -0.3 is 21.1 Å². The van der Waals surface area contributed by atoms with Crippen molar-refractivity contribution in [1.82, 2.24) is 4.90 Å². The molecule has 6 heteroatoms. The first-order valence-corrected chi connectivity index (χ1v) is 6.05. The van der Waals surface area contributed by atoms with Gasteiger partial charge in [-0.1, -0.05) is 0 Å². The van der Waals surface area contributed by atoms with Gasteiger partial charge in [0.2, 0.25) is 5.91 Å². The Bertz CT molecular complexity index is 516. The molecule has 0 aromatic heterocycles. The van der Waals surface area contributed by atoms with Crippen LogP contribution in [0.2, 0.25) is 0 Å². The topological polar surface area (TPSA) is 98.6 Å². The molecular formula is C13H17N3O3. The Labute approximate surface area is 111 Å². The monoisotopic (exact) mass is 263 g/mol. The summed E-state index contributed by atoms with van der Waals surface area (Å²) in [7, 11) is 1.52. The van der Waals surface area contributed by atoms with E-state index >= 15 is 0 Å². The Balaban J connectivity index is 2.12. The quantitative estimate of drug-likeness (QED) is 0.762. The van der Waals surface area contributed by atoms with Crippen molar-refractivity contribution in [2.75, 3.05) is 25.9 Å². The van der Waals surface area contributed by atoms with Gasteiger partial charge in [-0.05, 0) is 24.6 Å². The third-order valence-electron chi connectivity index (χ3n) is 3.35. The molecule has 19 heavy (non-hydrogen) atoms. The second-order valence-electron chi connectivity index (χ2n) is 4.60. The average Bonchev–Trinajstić information content (AvgIpc) is 2.87. The molecule has 1 fully saturated rings. The molecule has 4 N–H and O–H groups in total. The first-order chi connectivity index (χ1) is 9.02. The van der Waals surface area contributed by atoms with Crippen molar-refractivity contribution < 1.29 is 14.3 Å². The first-order valence-electron chi connectivity index (χ1n) is 6.05. The van der Waals surface area contributed by atoms with Crippen LogP contribution in [-0.4, -0.2) is 36.9 Å². The van der Waals surface area contributed by atoms with E-state index in [-0.39, 0.29) is 17.7 Å². The van der Waals surface area contributed by atoms with E-state index in [1.54, 1.807) is 23.1 Å². The number of hydrogen-bond donors (Lipinski definition) is 2. The van der Waals surface area contributed by atoms with Crippen molar-refractivity contribution in [1.29, 1.82) is 0 Å². The summed E-state index contributed by atoms with van der Waals surface area (Å²) in [6, 6.07) is 4.90. The molecule has 0 aliphatic carbocycles. The van der Waals surface area contributed by atoms with Crippen LogP contribution in [0.1, 0.15) is 16.8 Å². The summed E-state index contributed by atoms with van der Waals surface area (Å²) < 4.78 is 5.04. The number of carbonyl (C=O) groups excluding carboxylic acids is 2. The SMILES string of the molecule is COc1ccc(C(=O)N2CCC(C(N)=O)C2)cc1N. The number of anilines is 1. The van der Waals surface area contributed by atoms with Crippen molar-refractivity contribution in [3.63, 3.8) is 0 Å². The fourth-order valence-electron chi connectivity index (χ4n) is 2.23. The highest BCUT2D eigenvalue weighted by atomic mass is 16.5. The number of nitrogens with two attached hydrogens (primary N) is 2. The van der Waals surface area contributed by atoms with Crippen molar-refractivity contribution in [3.05, 3.63) is 23.8 Å². The van der Waals surface area contributed by atoms with Crippen LogP contribution in [0.3, 0.4) is 0 Å². The van der Waals surface area contributed by atoms with E-state index in [0.29, 0.717) is 36.5 Å². The van der Waals surface area contributed by atoms with Gasteiger partial charge in [-0.3, -0.25) is 9.59 Å². The van der Waals surface area contributed by atoms with Gasteiger partial charge in [0, 0.05) is 18.7 Å². The molecule has 1 aromatic rings. The molecule has 1 atom stereocenters. The molecule has 2 amide bonds. The molecule has 1 heterocycles. The fourth-order valence-corrected chi connectivity index (χ4v) is 2.23. The molecule has 1 unspecified atom stereocenters. The Morgan fingerprint density at radius 3 is 2.68 bits per heavy atom. The molecule has 0 bridgehead atoms. The molecular weight excluding hydrogens is 246 g/mol. The third-order valence-corrected chi connectivity index (χ3v) is 3.35. The normalized spacial score (nSPS) is 18.4. The lowest BCUT2D eigenvalue weighted by Crippen LogP contribution is -2.31.